The molecule has 0 bridgehead atoms. The van der Waals surface area contributed by atoms with Crippen molar-refractivity contribution in [3.05, 3.63) is 11.1 Å². The molecule has 0 aromatic carbocycles. The zero-order valence-corrected chi connectivity index (χ0v) is 9.71. The number of nitrogens with zero attached hydrogens (tertiary/aromatic N) is 1. The number of allylic oxidation sites excluding steroid dienone is 1. The van der Waals surface area contributed by atoms with Crippen LogP contribution >= 0.6 is 11.8 Å². The van der Waals surface area contributed by atoms with Crippen LogP contribution in [-0.2, 0) is 9.53 Å². The van der Waals surface area contributed by atoms with Gasteiger partial charge in [-0.3, -0.25) is 4.79 Å². The van der Waals surface area contributed by atoms with E-state index in [1.807, 2.05) is 0 Å². The highest BCUT2D eigenvalue weighted by Gasteiger charge is 2.32. The smallest absolute Gasteiger partial charge is 0.416 e. The molecular weight excluding hydrogens is 216 g/mol. The Morgan fingerprint density at radius 1 is 1.67 bits per heavy atom. The second-order valence-corrected chi connectivity index (χ2v) is 5.03. The molecule has 0 fully saturated rings. The van der Waals surface area contributed by atoms with Gasteiger partial charge in [-0.1, -0.05) is 11.8 Å². The van der Waals surface area contributed by atoms with E-state index >= 15 is 0 Å². The average Bonchev–Trinajstić information content (AvgIpc) is 2.43. The Kier molecular flexibility index (Phi) is 3.41. The molecule has 2 N–H and O–H groups in total. The Morgan fingerprint density at radius 3 is 2.73 bits per heavy atom. The van der Waals surface area contributed by atoms with Crippen molar-refractivity contribution in [2.75, 3.05) is 0 Å². The van der Waals surface area contributed by atoms with Gasteiger partial charge in [-0.05, 0) is 20.8 Å². The SMILES string of the molecule is CC(C)(C)OC(=O)N1C(C=O)=CS[C@H]1N. The molecule has 1 aliphatic rings. The molecule has 0 saturated heterocycles. The molecule has 0 unspecified atom stereocenters. The van der Waals surface area contributed by atoms with Gasteiger partial charge in [-0.25, -0.2) is 9.69 Å². The predicted octanol–water partition coefficient (Wildman–Crippen LogP) is 1.25. The minimum atomic E-state index is -0.599. The van der Waals surface area contributed by atoms with E-state index in [0.29, 0.717) is 6.29 Å². The van der Waals surface area contributed by atoms with Crippen LogP contribution in [0.5, 0.6) is 0 Å². The van der Waals surface area contributed by atoms with E-state index in [1.165, 1.54) is 11.8 Å². The summed E-state index contributed by atoms with van der Waals surface area (Å²) in [5, 5.41) is 1.54. The first-order valence-corrected chi connectivity index (χ1v) is 5.38. The molecule has 1 rings (SSSR count). The van der Waals surface area contributed by atoms with Gasteiger partial charge in [0.2, 0.25) is 0 Å². The fourth-order valence-electron chi connectivity index (χ4n) is 1.01. The lowest BCUT2D eigenvalue weighted by Crippen LogP contribution is -2.43. The molecule has 1 atom stereocenters. The molecule has 0 spiro atoms. The van der Waals surface area contributed by atoms with Crippen LogP contribution in [0.3, 0.4) is 0 Å². The summed E-state index contributed by atoms with van der Waals surface area (Å²) in [5.74, 6) is 0. The van der Waals surface area contributed by atoms with E-state index in [1.54, 1.807) is 26.2 Å². The van der Waals surface area contributed by atoms with Gasteiger partial charge >= 0.3 is 6.09 Å². The van der Waals surface area contributed by atoms with Crippen molar-refractivity contribution in [2.45, 2.75) is 31.9 Å². The summed E-state index contributed by atoms with van der Waals surface area (Å²) >= 11 is 1.20. The van der Waals surface area contributed by atoms with E-state index in [4.69, 9.17) is 10.5 Å². The van der Waals surface area contributed by atoms with Crippen molar-refractivity contribution in [1.29, 1.82) is 0 Å². The zero-order valence-electron chi connectivity index (χ0n) is 8.89. The van der Waals surface area contributed by atoms with Gasteiger partial charge < -0.3 is 10.5 Å². The number of rotatable bonds is 1. The number of hydrogen-bond donors (Lipinski definition) is 1. The molecule has 0 radical (unpaired) electrons. The van der Waals surface area contributed by atoms with Crippen molar-refractivity contribution in [2.24, 2.45) is 5.73 Å². The molecule has 0 aromatic heterocycles. The van der Waals surface area contributed by atoms with Crippen molar-refractivity contribution in [3.8, 4) is 0 Å². The summed E-state index contributed by atoms with van der Waals surface area (Å²) in [5.41, 5.74) is 4.70. The van der Waals surface area contributed by atoms with Gasteiger partial charge in [0.05, 0.1) is 5.70 Å². The summed E-state index contributed by atoms with van der Waals surface area (Å²) < 4.78 is 5.12. The Hall–Kier alpha value is -1.01. The van der Waals surface area contributed by atoms with Crippen LogP contribution in [0.25, 0.3) is 0 Å². The summed E-state index contributed by atoms with van der Waals surface area (Å²) in [6.07, 6.45) is -0.0117. The van der Waals surface area contributed by atoms with Crippen LogP contribution < -0.4 is 5.73 Å². The highest BCUT2D eigenvalue weighted by molar-refractivity contribution is 8.02. The minimum absolute atomic E-state index is 0.238. The number of carbonyl (C=O) groups is 2. The second kappa shape index (κ2) is 4.24. The Labute approximate surface area is 92.6 Å². The predicted molar refractivity (Wildman–Crippen MR) is 57.8 cm³/mol. The van der Waals surface area contributed by atoms with Gasteiger partial charge in [0.25, 0.3) is 0 Å². The highest BCUT2D eigenvalue weighted by atomic mass is 32.2. The number of thioether (sulfide) groups is 1. The molecule has 1 amide bonds. The average molecular weight is 230 g/mol. The molecule has 1 aliphatic heterocycles. The van der Waals surface area contributed by atoms with Crippen LogP contribution in [0.15, 0.2) is 11.1 Å². The van der Waals surface area contributed by atoms with Crippen LogP contribution in [0.4, 0.5) is 4.79 Å². The quantitative estimate of drug-likeness (QED) is 0.686. The van der Waals surface area contributed by atoms with Gasteiger partial charge in [0, 0.05) is 5.41 Å². The molecule has 0 saturated carbocycles. The first-order chi connectivity index (χ1) is 6.85. The molecule has 0 aromatic rings. The Bertz CT molecular complexity index is 309. The van der Waals surface area contributed by atoms with Crippen LogP contribution in [0.1, 0.15) is 20.8 Å². The van der Waals surface area contributed by atoms with E-state index in [2.05, 4.69) is 0 Å². The minimum Gasteiger partial charge on any atom is -0.443 e. The van der Waals surface area contributed by atoms with E-state index in [0.717, 1.165) is 4.90 Å². The van der Waals surface area contributed by atoms with Crippen molar-refractivity contribution >= 4 is 24.1 Å². The number of aldehydes is 1. The monoisotopic (exact) mass is 230 g/mol. The molecule has 6 heteroatoms. The maximum atomic E-state index is 11.7. The molecule has 5 nitrogen and oxygen atoms in total. The number of carbonyl (C=O) groups excluding carboxylic acids is 2. The second-order valence-electron chi connectivity index (χ2n) is 4.04. The highest BCUT2D eigenvalue weighted by Crippen LogP contribution is 2.28. The third kappa shape index (κ3) is 2.97. The lowest BCUT2D eigenvalue weighted by atomic mass is 10.2. The van der Waals surface area contributed by atoms with Gasteiger partial charge in [0.1, 0.15) is 11.1 Å². The third-order valence-corrected chi connectivity index (χ3v) is 2.44. The first kappa shape index (κ1) is 12.1. The zero-order chi connectivity index (χ0) is 11.6. The topological polar surface area (TPSA) is 72.6 Å². The molecule has 1 heterocycles. The summed E-state index contributed by atoms with van der Waals surface area (Å²) in [6, 6.07) is 0. The molecule has 15 heavy (non-hydrogen) atoms. The van der Waals surface area contributed by atoms with E-state index < -0.39 is 17.2 Å². The van der Waals surface area contributed by atoms with Gasteiger partial charge in [-0.2, -0.15) is 0 Å². The normalized spacial score (nSPS) is 21.2. The lowest BCUT2D eigenvalue weighted by Gasteiger charge is -2.26. The van der Waals surface area contributed by atoms with Crippen LogP contribution in [0, 0.1) is 0 Å². The van der Waals surface area contributed by atoms with Crippen molar-refractivity contribution in [3.63, 3.8) is 0 Å². The molecule has 0 aliphatic carbocycles. The Morgan fingerprint density at radius 2 is 2.27 bits per heavy atom. The number of ether oxygens (including phenoxy) is 1. The largest absolute Gasteiger partial charge is 0.443 e. The third-order valence-electron chi connectivity index (χ3n) is 1.57. The number of hydrogen-bond acceptors (Lipinski definition) is 5. The number of nitrogens with two attached hydrogens (primary N) is 1. The van der Waals surface area contributed by atoms with Gasteiger partial charge in [-0.15, -0.1) is 0 Å². The standard InChI is InChI=1S/C9H14N2O3S/c1-9(2,3)14-8(13)11-6(4-12)5-15-7(11)10/h4-5,7H,10H2,1-3H3/t7-/m0/s1. The molecule has 84 valence electrons. The fourth-order valence-corrected chi connectivity index (χ4v) is 1.79. The maximum absolute atomic E-state index is 11.7. The van der Waals surface area contributed by atoms with E-state index in [-0.39, 0.29) is 5.70 Å². The summed E-state index contributed by atoms with van der Waals surface area (Å²) in [6.45, 7) is 5.26. The number of amides is 1. The Balaban J connectivity index is 2.74. The van der Waals surface area contributed by atoms with E-state index in [9.17, 15) is 9.59 Å². The van der Waals surface area contributed by atoms with Gasteiger partial charge in [0.15, 0.2) is 6.29 Å². The fraction of sp³-hybridized carbons (Fsp3) is 0.556. The first-order valence-electron chi connectivity index (χ1n) is 4.44. The van der Waals surface area contributed by atoms with Crippen molar-refractivity contribution < 1.29 is 14.3 Å². The summed E-state index contributed by atoms with van der Waals surface area (Å²) in [7, 11) is 0. The maximum Gasteiger partial charge on any atom is 0.416 e. The lowest BCUT2D eigenvalue weighted by molar-refractivity contribution is -0.106. The van der Waals surface area contributed by atoms with Crippen molar-refractivity contribution in [1.82, 2.24) is 4.90 Å². The van der Waals surface area contributed by atoms with Crippen LogP contribution in [-0.4, -0.2) is 28.4 Å². The summed E-state index contributed by atoms with van der Waals surface area (Å²) in [4.78, 5) is 23.4. The molecular formula is C9H14N2O3S. The van der Waals surface area contributed by atoms with Crippen LogP contribution in [0.2, 0.25) is 0 Å².